The Balaban J connectivity index is 2.05. The highest BCUT2D eigenvalue weighted by Gasteiger charge is 2.29. The van der Waals surface area contributed by atoms with E-state index in [4.69, 9.17) is 9.47 Å². The van der Waals surface area contributed by atoms with Crippen LogP contribution in [0.25, 0.3) is 0 Å². The van der Waals surface area contributed by atoms with E-state index < -0.39 is 0 Å². The van der Waals surface area contributed by atoms with E-state index in [9.17, 15) is 4.79 Å². The van der Waals surface area contributed by atoms with Gasteiger partial charge in [0.15, 0.2) is 0 Å². The molecule has 0 amide bonds. The average molecular weight is 229 g/mol. The van der Waals surface area contributed by atoms with Crippen molar-refractivity contribution >= 4 is 5.97 Å². The second-order valence-electron chi connectivity index (χ2n) is 4.43. The predicted molar refractivity (Wildman–Crippen MR) is 62.3 cm³/mol. The summed E-state index contributed by atoms with van der Waals surface area (Å²) in [5, 5.41) is 0. The van der Waals surface area contributed by atoms with Crippen LogP contribution < -0.4 is 0 Å². The summed E-state index contributed by atoms with van der Waals surface area (Å²) in [5.74, 6) is -0.138. The number of likely N-dealkylation sites (N-methyl/N-ethyl adjacent to an activating group) is 1. The van der Waals surface area contributed by atoms with E-state index in [1.165, 1.54) is 12.8 Å². The lowest BCUT2D eigenvalue weighted by molar-refractivity contribution is -0.147. The number of esters is 1. The second kappa shape index (κ2) is 6.86. The Morgan fingerprint density at radius 2 is 2.06 bits per heavy atom. The molecule has 0 bridgehead atoms. The Morgan fingerprint density at radius 1 is 1.38 bits per heavy atom. The van der Waals surface area contributed by atoms with Gasteiger partial charge in [-0.05, 0) is 33.2 Å². The highest BCUT2D eigenvalue weighted by Crippen LogP contribution is 2.26. The third-order valence-electron chi connectivity index (χ3n) is 2.60. The normalized spacial score (nSPS) is 15.8. The zero-order chi connectivity index (χ0) is 12.0. The second-order valence-corrected chi connectivity index (χ2v) is 4.43. The van der Waals surface area contributed by atoms with E-state index in [-0.39, 0.29) is 12.1 Å². The molecule has 0 aromatic heterocycles. The standard InChI is InChI=1S/C12H23NO3/c1-4-13(11-5-6-11)9-12(14)16-8-7-15-10(2)3/h10-11H,4-9H2,1-3H3. The third kappa shape index (κ3) is 5.47. The molecule has 0 saturated heterocycles. The van der Waals surface area contributed by atoms with Crippen molar-refractivity contribution in [3.8, 4) is 0 Å². The molecule has 0 aromatic rings. The Morgan fingerprint density at radius 3 is 2.56 bits per heavy atom. The van der Waals surface area contributed by atoms with E-state index in [2.05, 4.69) is 11.8 Å². The van der Waals surface area contributed by atoms with Crippen LogP contribution in [0.5, 0.6) is 0 Å². The average Bonchev–Trinajstić information content (AvgIpc) is 3.04. The van der Waals surface area contributed by atoms with Crippen LogP contribution in [0.2, 0.25) is 0 Å². The van der Waals surface area contributed by atoms with Crippen molar-refractivity contribution in [3.05, 3.63) is 0 Å². The molecule has 0 aliphatic heterocycles. The van der Waals surface area contributed by atoms with Gasteiger partial charge < -0.3 is 9.47 Å². The van der Waals surface area contributed by atoms with Gasteiger partial charge in [-0.15, -0.1) is 0 Å². The first kappa shape index (κ1) is 13.5. The number of rotatable bonds is 8. The summed E-state index contributed by atoms with van der Waals surface area (Å²) >= 11 is 0. The smallest absolute Gasteiger partial charge is 0.320 e. The van der Waals surface area contributed by atoms with Gasteiger partial charge in [-0.25, -0.2) is 0 Å². The molecule has 1 aliphatic carbocycles. The molecule has 1 aliphatic rings. The summed E-state index contributed by atoms with van der Waals surface area (Å²) in [6.07, 6.45) is 2.63. The van der Waals surface area contributed by atoms with Crippen LogP contribution in [0, 0.1) is 0 Å². The van der Waals surface area contributed by atoms with Gasteiger partial charge in [0.05, 0.1) is 19.3 Å². The van der Waals surface area contributed by atoms with Crippen LogP contribution in [-0.2, 0) is 14.3 Å². The maximum atomic E-state index is 11.5. The van der Waals surface area contributed by atoms with Crippen molar-refractivity contribution in [2.75, 3.05) is 26.3 Å². The van der Waals surface area contributed by atoms with Gasteiger partial charge in [-0.3, -0.25) is 9.69 Å². The zero-order valence-corrected chi connectivity index (χ0v) is 10.6. The summed E-state index contributed by atoms with van der Waals surface area (Å²) < 4.78 is 10.4. The maximum Gasteiger partial charge on any atom is 0.320 e. The van der Waals surface area contributed by atoms with Crippen molar-refractivity contribution in [3.63, 3.8) is 0 Å². The highest BCUT2D eigenvalue weighted by molar-refractivity contribution is 5.71. The monoisotopic (exact) mass is 229 g/mol. The molecule has 0 aromatic carbocycles. The molecule has 0 heterocycles. The summed E-state index contributed by atoms with van der Waals surface area (Å²) in [6.45, 7) is 8.19. The van der Waals surface area contributed by atoms with Gasteiger partial charge >= 0.3 is 5.97 Å². The minimum absolute atomic E-state index is 0.138. The SMILES string of the molecule is CCN(CC(=O)OCCOC(C)C)C1CC1. The zero-order valence-electron chi connectivity index (χ0n) is 10.6. The van der Waals surface area contributed by atoms with E-state index in [0.717, 1.165) is 6.54 Å². The molecule has 4 nitrogen and oxygen atoms in total. The third-order valence-corrected chi connectivity index (χ3v) is 2.60. The largest absolute Gasteiger partial charge is 0.462 e. The molecule has 1 rings (SSSR count). The Bertz CT molecular complexity index is 214. The van der Waals surface area contributed by atoms with Gasteiger partial charge in [0, 0.05) is 6.04 Å². The van der Waals surface area contributed by atoms with Crippen LogP contribution in [0.3, 0.4) is 0 Å². The molecule has 0 N–H and O–H groups in total. The molecule has 1 saturated carbocycles. The van der Waals surface area contributed by atoms with Crippen molar-refractivity contribution in [1.29, 1.82) is 0 Å². The van der Waals surface area contributed by atoms with Crippen LogP contribution in [0.15, 0.2) is 0 Å². The van der Waals surface area contributed by atoms with Crippen molar-refractivity contribution < 1.29 is 14.3 Å². The van der Waals surface area contributed by atoms with Gasteiger partial charge in [-0.2, -0.15) is 0 Å². The molecule has 94 valence electrons. The van der Waals surface area contributed by atoms with E-state index in [0.29, 0.717) is 25.8 Å². The lowest BCUT2D eigenvalue weighted by atomic mass is 10.4. The molecule has 16 heavy (non-hydrogen) atoms. The van der Waals surface area contributed by atoms with Crippen molar-refractivity contribution in [2.45, 2.75) is 45.8 Å². The first-order chi connectivity index (χ1) is 7.63. The lowest BCUT2D eigenvalue weighted by Gasteiger charge is -2.18. The van der Waals surface area contributed by atoms with Gasteiger partial charge in [0.25, 0.3) is 0 Å². The fraction of sp³-hybridized carbons (Fsp3) is 0.917. The molecular formula is C12H23NO3. The Kier molecular flexibility index (Phi) is 5.77. The number of carbonyl (C=O) groups is 1. The van der Waals surface area contributed by atoms with E-state index >= 15 is 0 Å². The van der Waals surface area contributed by atoms with Gasteiger partial charge in [0.1, 0.15) is 6.61 Å². The van der Waals surface area contributed by atoms with Crippen molar-refractivity contribution in [1.82, 2.24) is 4.90 Å². The maximum absolute atomic E-state index is 11.5. The van der Waals surface area contributed by atoms with E-state index in [1.807, 2.05) is 13.8 Å². The van der Waals surface area contributed by atoms with Crippen LogP contribution in [0.4, 0.5) is 0 Å². The number of ether oxygens (including phenoxy) is 2. The minimum Gasteiger partial charge on any atom is -0.462 e. The van der Waals surface area contributed by atoms with E-state index in [1.54, 1.807) is 0 Å². The van der Waals surface area contributed by atoms with Crippen LogP contribution >= 0.6 is 0 Å². The molecule has 0 spiro atoms. The lowest BCUT2D eigenvalue weighted by Crippen LogP contribution is -2.33. The van der Waals surface area contributed by atoms with Crippen LogP contribution in [-0.4, -0.2) is 49.3 Å². The Labute approximate surface area is 97.9 Å². The molecular weight excluding hydrogens is 206 g/mol. The quantitative estimate of drug-likeness (QED) is 0.466. The Hall–Kier alpha value is -0.610. The summed E-state index contributed by atoms with van der Waals surface area (Å²) in [4.78, 5) is 13.6. The molecule has 1 fully saturated rings. The first-order valence-electron chi connectivity index (χ1n) is 6.14. The molecule has 0 unspecified atom stereocenters. The number of hydrogen-bond acceptors (Lipinski definition) is 4. The van der Waals surface area contributed by atoms with Gasteiger partial charge in [0.2, 0.25) is 0 Å². The summed E-state index contributed by atoms with van der Waals surface area (Å²) in [5.41, 5.74) is 0. The fourth-order valence-electron chi connectivity index (χ4n) is 1.59. The molecule has 4 heteroatoms. The van der Waals surface area contributed by atoms with Crippen molar-refractivity contribution in [2.24, 2.45) is 0 Å². The predicted octanol–water partition coefficient (Wildman–Crippen LogP) is 1.44. The highest BCUT2D eigenvalue weighted by atomic mass is 16.6. The number of hydrogen-bond donors (Lipinski definition) is 0. The fourth-order valence-corrected chi connectivity index (χ4v) is 1.59. The summed E-state index contributed by atoms with van der Waals surface area (Å²) in [7, 11) is 0. The molecule has 0 radical (unpaired) electrons. The number of nitrogens with zero attached hydrogens (tertiary/aromatic N) is 1. The first-order valence-corrected chi connectivity index (χ1v) is 6.14. The van der Waals surface area contributed by atoms with Gasteiger partial charge in [-0.1, -0.05) is 6.92 Å². The minimum atomic E-state index is -0.138. The topological polar surface area (TPSA) is 38.8 Å². The van der Waals surface area contributed by atoms with Crippen LogP contribution in [0.1, 0.15) is 33.6 Å². The number of carbonyl (C=O) groups excluding carboxylic acids is 1. The molecule has 0 atom stereocenters. The summed E-state index contributed by atoms with van der Waals surface area (Å²) in [6, 6.07) is 0.615.